The summed E-state index contributed by atoms with van der Waals surface area (Å²) in [5.74, 6) is 2.36. The van der Waals surface area contributed by atoms with Crippen molar-refractivity contribution < 1.29 is 4.74 Å². The first-order chi connectivity index (χ1) is 4.85. The maximum atomic E-state index is 8.29. The van der Waals surface area contributed by atoms with E-state index in [9.17, 15) is 0 Å². The SMILES string of the molecule is C#CCOC(CC)CC#N. The van der Waals surface area contributed by atoms with Gasteiger partial charge < -0.3 is 4.74 Å². The monoisotopic (exact) mass is 137 g/mol. The zero-order valence-corrected chi connectivity index (χ0v) is 6.13. The molecule has 0 radical (unpaired) electrons. The summed E-state index contributed by atoms with van der Waals surface area (Å²) in [6.07, 6.45) is 6.26. The van der Waals surface area contributed by atoms with Crippen LogP contribution in [0.4, 0.5) is 0 Å². The Morgan fingerprint density at radius 2 is 2.40 bits per heavy atom. The molecular weight excluding hydrogens is 126 g/mol. The highest BCUT2D eigenvalue weighted by Gasteiger charge is 2.02. The maximum Gasteiger partial charge on any atom is 0.107 e. The van der Waals surface area contributed by atoms with Crippen LogP contribution in [-0.4, -0.2) is 12.7 Å². The lowest BCUT2D eigenvalue weighted by Gasteiger charge is -2.08. The summed E-state index contributed by atoms with van der Waals surface area (Å²) in [5.41, 5.74) is 0. The minimum Gasteiger partial charge on any atom is -0.365 e. The molecule has 0 heterocycles. The number of hydrogen-bond donors (Lipinski definition) is 0. The summed E-state index contributed by atoms with van der Waals surface area (Å²) in [6.45, 7) is 2.28. The van der Waals surface area contributed by atoms with Crippen LogP contribution in [0.1, 0.15) is 19.8 Å². The second kappa shape index (κ2) is 6.13. The first-order valence-corrected chi connectivity index (χ1v) is 3.27. The van der Waals surface area contributed by atoms with E-state index in [1.54, 1.807) is 0 Å². The Morgan fingerprint density at radius 3 is 2.80 bits per heavy atom. The van der Waals surface area contributed by atoms with Crippen LogP contribution in [0, 0.1) is 23.7 Å². The lowest BCUT2D eigenvalue weighted by atomic mass is 10.2. The van der Waals surface area contributed by atoms with Crippen molar-refractivity contribution in [2.75, 3.05) is 6.61 Å². The van der Waals surface area contributed by atoms with Crippen LogP contribution < -0.4 is 0 Å². The molecule has 54 valence electrons. The van der Waals surface area contributed by atoms with E-state index in [0.717, 1.165) is 6.42 Å². The molecule has 1 unspecified atom stereocenters. The second-order valence-corrected chi connectivity index (χ2v) is 1.91. The fourth-order valence-corrected chi connectivity index (χ4v) is 0.589. The summed E-state index contributed by atoms with van der Waals surface area (Å²) in [4.78, 5) is 0. The van der Waals surface area contributed by atoms with Gasteiger partial charge in [-0.15, -0.1) is 6.42 Å². The van der Waals surface area contributed by atoms with Crippen LogP contribution >= 0.6 is 0 Å². The van der Waals surface area contributed by atoms with Gasteiger partial charge in [-0.3, -0.25) is 0 Å². The molecule has 2 nitrogen and oxygen atoms in total. The van der Waals surface area contributed by atoms with Crippen molar-refractivity contribution in [1.29, 1.82) is 5.26 Å². The largest absolute Gasteiger partial charge is 0.365 e. The molecular formula is C8H11NO. The van der Waals surface area contributed by atoms with E-state index in [1.165, 1.54) is 0 Å². The van der Waals surface area contributed by atoms with Gasteiger partial charge in [0.1, 0.15) is 6.61 Å². The van der Waals surface area contributed by atoms with Crippen molar-refractivity contribution in [3.05, 3.63) is 0 Å². The van der Waals surface area contributed by atoms with Gasteiger partial charge in [0.05, 0.1) is 18.6 Å². The average Bonchev–Trinajstić information content (AvgIpc) is 1.98. The van der Waals surface area contributed by atoms with Crippen molar-refractivity contribution in [3.8, 4) is 18.4 Å². The maximum absolute atomic E-state index is 8.29. The third-order valence-electron chi connectivity index (χ3n) is 1.18. The van der Waals surface area contributed by atoms with Gasteiger partial charge in [-0.25, -0.2) is 0 Å². The van der Waals surface area contributed by atoms with Crippen molar-refractivity contribution in [2.45, 2.75) is 25.9 Å². The minimum atomic E-state index is 0.0149. The summed E-state index contributed by atoms with van der Waals surface area (Å²) in [5, 5.41) is 8.29. The molecule has 0 aliphatic heterocycles. The smallest absolute Gasteiger partial charge is 0.107 e. The van der Waals surface area contributed by atoms with E-state index in [-0.39, 0.29) is 6.10 Å². The molecule has 0 fully saturated rings. The van der Waals surface area contributed by atoms with Crippen molar-refractivity contribution in [1.82, 2.24) is 0 Å². The van der Waals surface area contributed by atoms with Crippen LogP contribution in [0.25, 0.3) is 0 Å². The van der Waals surface area contributed by atoms with E-state index in [2.05, 4.69) is 5.92 Å². The van der Waals surface area contributed by atoms with E-state index in [0.29, 0.717) is 13.0 Å². The van der Waals surface area contributed by atoms with Crippen LogP contribution in [0.5, 0.6) is 0 Å². The van der Waals surface area contributed by atoms with Crippen LogP contribution in [0.2, 0.25) is 0 Å². The molecule has 0 aromatic heterocycles. The van der Waals surface area contributed by atoms with Gasteiger partial charge in [-0.05, 0) is 6.42 Å². The lowest BCUT2D eigenvalue weighted by Crippen LogP contribution is -2.10. The van der Waals surface area contributed by atoms with Gasteiger partial charge in [0.25, 0.3) is 0 Å². The molecule has 0 aromatic rings. The molecule has 0 rings (SSSR count). The molecule has 0 spiro atoms. The van der Waals surface area contributed by atoms with Gasteiger partial charge >= 0.3 is 0 Å². The van der Waals surface area contributed by atoms with Crippen LogP contribution in [0.15, 0.2) is 0 Å². The summed E-state index contributed by atoms with van der Waals surface area (Å²) < 4.78 is 5.12. The van der Waals surface area contributed by atoms with Gasteiger partial charge in [-0.1, -0.05) is 12.8 Å². The zero-order chi connectivity index (χ0) is 7.82. The predicted octanol–water partition coefficient (Wildman–Crippen LogP) is 1.33. The number of terminal acetylenes is 1. The molecule has 0 aliphatic carbocycles. The molecule has 1 atom stereocenters. The molecule has 0 saturated carbocycles. The first kappa shape index (κ1) is 9.01. The van der Waals surface area contributed by atoms with Gasteiger partial charge in [-0.2, -0.15) is 5.26 Å². The Labute approximate surface area is 61.8 Å². The number of hydrogen-bond acceptors (Lipinski definition) is 2. The fourth-order valence-electron chi connectivity index (χ4n) is 0.589. The van der Waals surface area contributed by atoms with Gasteiger partial charge in [0, 0.05) is 0 Å². The molecule has 0 aromatic carbocycles. The van der Waals surface area contributed by atoms with Crippen LogP contribution in [-0.2, 0) is 4.74 Å². The number of ether oxygens (including phenoxy) is 1. The quantitative estimate of drug-likeness (QED) is 0.547. The molecule has 10 heavy (non-hydrogen) atoms. The normalized spacial score (nSPS) is 11.5. The molecule has 0 bridgehead atoms. The Balaban J connectivity index is 3.44. The van der Waals surface area contributed by atoms with E-state index in [4.69, 9.17) is 16.4 Å². The van der Waals surface area contributed by atoms with E-state index >= 15 is 0 Å². The summed E-state index contributed by atoms with van der Waals surface area (Å²) >= 11 is 0. The Bertz CT molecular complexity index is 152. The highest BCUT2D eigenvalue weighted by molar-refractivity contribution is 4.84. The summed E-state index contributed by atoms with van der Waals surface area (Å²) in [7, 11) is 0. The van der Waals surface area contributed by atoms with Crippen molar-refractivity contribution >= 4 is 0 Å². The summed E-state index contributed by atoms with van der Waals surface area (Å²) in [6, 6.07) is 2.03. The molecule has 0 amide bonds. The predicted molar refractivity (Wildman–Crippen MR) is 39.1 cm³/mol. The lowest BCUT2D eigenvalue weighted by molar-refractivity contribution is 0.0788. The molecule has 2 heteroatoms. The highest BCUT2D eigenvalue weighted by Crippen LogP contribution is 2.00. The van der Waals surface area contributed by atoms with E-state index in [1.807, 2.05) is 13.0 Å². The van der Waals surface area contributed by atoms with Crippen LogP contribution in [0.3, 0.4) is 0 Å². The van der Waals surface area contributed by atoms with Crippen molar-refractivity contribution in [2.24, 2.45) is 0 Å². The Kier molecular flexibility index (Phi) is 5.53. The fraction of sp³-hybridized carbons (Fsp3) is 0.625. The standard InChI is InChI=1S/C8H11NO/c1-3-7-10-8(4-2)5-6-9/h1,8H,4-5,7H2,2H3. The van der Waals surface area contributed by atoms with E-state index < -0.39 is 0 Å². The first-order valence-electron chi connectivity index (χ1n) is 3.27. The number of nitriles is 1. The Hall–Kier alpha value is -0.990. The third kappa shape index (κ3) is 3.95. The molecule has 0 N–H and O–H groups in total. The van der Waals surface area contributed by atoms with Crippen molar-refractivity contribution in [3.63, 3.8) is 0 Å². The second-order valence-electron chi connectivity index (χ2n) is 1.91. The third-order valence-corrected chi connectivity index (χ3v) is 1.18. The molecule has 0 saturated heterocycles. The Morgan fingerprint density at radius 1 is 1.70 bits per heavy atom. The average molecular weight is 137 g/mol. The number of nitrogens with zero attached hydrogens (tertiary/aromatic N) is 1. The van der Waals surface area contributed by atoms with Gasteiger partial charge in [0.15, 0.2) is 0 Å². The highest BCUT2D eigenvalue weighted by atomic mass is 16.5. The number of rotatable bonds is 4. The molecule has 0 aliphatic rings. The minimum absolute atomic E-state index is 0.0149. The zero-order valence-electron chi connectivity index (χ0n) is 6.13. The topological polar surface area (TPSA) is 33.0 Å². The van der Waals surface area contributed by atoms with Gasteiger partial charge in [0.2, 0.25) is 0 Å².